The Labute approximate surface area is 170 Å². The lowest BCUT2D eigenvalue weighted by Crippen LogP contribution is -2.49. The molecule has 1 aromatic carbocycles. The number of likely N-dealkylation sites (tertiary alicyclic amines) is 2. The van der Waals surface area contributed by atoms with Crippen LogP contribution < -0.4 is 4.74 Å². The van der Waals surface area contributed by atoms with Gasteiger partial charge in [0.1, 0.15) is 6.10 Å². The molecule has 148 valence electrons. The van der Waals surface area contributed by atoms with Crippen molar-refractivity contribution in [2.24, 2.45) is 0 Å². The summed E-state index contributed by atoms with van der Waals surface area (Å²) in [6.45, 7) is 3.83. The zero-order chi connectivity index (χ0) is 19.2. The first kappa shape index (κ1) is 19.2. The fourth-order valence-corrected chi connectivity index (χ4v) is 4.61. The van der Waals surface area contributed by atoms with Gasteiger partial charge in [-0.05, 0) is 37.3 Å². The van der Waals surface area contributed by atoms with Gasteiger partial charge in [-0.15, -0.1) is 0 Å². The molecule has 5 nitrogen and oxygen atoms in total. The standard InChI is InChI=1S/C22H27N3O2S/c26-21(7-6-18-4-2-1-3-5-18)25-13-8-19(9-14-25)24-15-10-20(11-16-24)27-22-23-12-17-28-22/h1-7,12,17,19-20H,8-11,13-16H2. The van der Waals surface area contributed by atoms with Crippen molar-refractivity contribution >= 4 is 23.3 Å². The second kappa shape index (κ2) is 9.34. The smallest absolute Gasteiger partial charge is 0.273 e. The first-order valence-corrected chi connectivity index (χ1v) is 11.0. The maximum absolute atomic E-state index is 12.5. The summed E-state index contributed by atoms with van der Waals surface area (Å²) in [5.41, 5.74) is 1.06. The van der Waals surface area contributed by atoms with E-state index < -0.39 is 0 Å². The predicted molar refractivity (Wildman–Crippen MR) is 112 cm³/mol. The van der Waals surface area contributed by atoms with Crippen LogP contribution in [0.15, 0.2) is 48.0 Å². The molecular weight excluding hydrogens is 370 g/mol. The largest absolute Gasteiger partial charge is 0.467 e. The number of hydrogen-bond acceptors (Lipinski definition) is 5. The van der Waals surface area contributed by atoms with E-state index >= 15 is 0 Å². The molecule has 4 rings (SSSR count). The molecule has 0 atom stereocenters. The third-order valence-electron chi connectivity index (χ3n) is 5.66. The van der Waals surface area contributed by atoms with Crippen LogP contribution in [0.4, 0.5) is 0 Å². The highest BCUT2D eigenvalue weighted by atomic mass is 32.1. The summed E-state index contributed by atoms with van der Waals surface area (Å²) in [5, 5.41) is 2.74. The number of amides is 1. The molecule has 0 bridgehead atoms. The molecule has 6 heteroatoms. The first-order valence-electron chi connectivity index (χ1n) is 10.1. The molecule has 2 aromatic rings. The van der Waals surface area contributed by atoms with Gasteiger partial charge < -0.3 is 9.64 Å². The normalized spacial score (nSPS) is 19.9. The molecule has 1 amide bonds. The van der Waals surface area contributed by atoms with Crippen molar-refractivity contribution in [2.45, 2.75) is 37.8 Å². The second-order valence-corrected chi connectivity index (χ2v) is 8.31. The predicted octanol–water partition coefficient (Wildman–Crippen LogP) is 3.69. The van der Waals surface area contributed by atoms with Gasteiger partial charge >= 0.3 is 0 Å². The van der Waals surface area contributed by atoms with Gasteiger partial charge in [-0.3, -0.25) is 9.69 Å². The monoisotopic (exact) mass is 397 g/mol. The average molecular weight is 398 g/mol. The lowest BCUT2D eigenvalue weighted by Gasteiger charge is -2.41. The maximum Gasteiger partial charge on any atom is 0.273 e. The topological polar surface area (TPSA) is 45.7 Å². The molecule has 0 saturated carbocycles. The molecule has 2 aliphatic rings. The molecule has 0 aliphatic carbocycles. The Balaban J connectivity index is 1.20. The molecule has 3 heterocycles. The highest BCUT2D eigenvalue weighted by molar-refractivity contribution is 7.11. The summed E-state index contributed by atoms with van der Waals surface area (Å²) < 4.78 is 5.96. The molecule has 2 aliphatic heterocycles. The molecule has 0 radical (unpaired) electrons. The van der Waals surface area contributed by atoms with Gasteiger partial charge in [0.15, 0.2) is 0 Å². The molecule has 2 fully saturated rings. The number of nitrogens with zero attached hydrogens (tertiary/aromatic N) is 3. The van der Waals surface area contributed by atoms with Gasteiger partial charge in [-0.25, -0.2) is 4.98 Å². The van der Waals surface area contributed by atoms with E-state index in [4.69, 9.17) is 4.74 Å². The van der Waals surface area contributed by atoms with Gasteiger partial charge in [-0.1, -0.05) is 41.7 Å². The van der Waals surface area contributed by atoms with Crippen LogP contribution in [0, 0.1) is 0 Å². The first-order chi connectivity index (χ1) is 13.8. The van der Waals surface area contributed by atoms with E-state index in [-0.39, 0.29) is 12.0 Å². The summed E-state index contributed by atoms with van der Waals surface area (Å²) in [6, 6.07) is 10.6. The Kier molecular flexibility index (Phi) is 6.39. The molecule has 2 saturated heterocycles. The third-order valence-corrected chi connectivity index (χ3v) is 6.33. The van der Waals surface area contributed by atoms with E-state index in [0.717, 1.165) is 62.6 Å². The minimum atomic E-state index is 0.123. The fraction of sp³-hybridized carbons (Fsp3) is 0.455. The number of thiazole rings is 1. The lowest BCUT2D eigenvalue weighted by atomic mass is 9.99. The number of rotatable bonds is 5. The summed E-state index contributed by atoms with van der Waals surface area (Å²) >= 11 is 1.56. The van der Waals surface area contributed by atoms with E-state index in [9.17, 15) is 4.79 Å². The Morgan fingerprint density at radius 1 is 1.07 bits per heavy atom. The van der Waals surface area contributed by atoms with E-state index in [1.807, 2.05) is 46.7 Å². The zero-order valence-electron chi connectivity index (χ0n) is 16.1. The molecule has 0 unspecified atom stereocenters. The zero-order valence-corrected chi connectivity index (χ0v) is 16.9. The number of aromatic nitrogens is 1. The number of benzene rings is 1. The minimum absolute atomic E-state index is 0.123. The van der Waals surface area contributed by atoms with Gasteiger partial charge in [0.2, 0.25) is 5.91 Å². The Hall–Kier alpha value is -2.18. The van der Waals surface area contributed by atoms with Crippen LogP contribution in [-0.2, 0) is 4.79 Å². The maximum atomic E-state index is 12.5. The number of ether oxygens (including phenoxy) is 1. The Bertz CT molecular complexity index is 762. The number of carbonyl (C=O) groups is 1. The van der Waals surface area contributed by atoms with Crippen molar-refractivity contribution < 1.29 is 9.53 Å². The lowest BCUT2D eigenvalue weighted by molar-refractivity contribution is -0.127. The van der Waals surface area contributed by atoms with Gasteiger partial charge in [0.05, 0.1) is 0 Å². The highest BCUT2D eigenvalue weighted by Crippen LogP contribution is 2.25. The minimum Gasteiger partial charge on any atom is -0.467 e. The SMILES string of the molecule is O=C(C=Cc1ccccc1)N1CCC(N2CCC(Oc3nccs3)CC2)CC1. The summed E-state index contributed by atoms with van der Waals surface area (Å²) in [4.78, 5) is 21.2. The van der Waals surface area contributed by atoms with Crippen LogP contribution in [0.2, 0.25) is 0 Å². The van der Waals surface area contributed by atoms with Gasteiger partial charge in [0, 0.05) is 49.9 Å². The average Bonchev–Trinajstić information content (AvgIpc) is 3.26. The number of carbonyl (C=O) groups excluding carboxylic acids is 1. The number of hydrogen-bond donors (Lipinski definition) is 0. The summed E-state index contributed by atoms with van der Waals surface area (Å²) in [6.07, 6.45) is 9.91. The van der Waals surface area contributed by atoms with Crippen LogP contribution in [0.1, 0.15) is 31.2 Å². The fourth-order valence-electron chi connectivity index (χ4n) is 4.06. The van der Waals surface area contributed by atoms with Crippen molar-refractivity contribution in [3.05, 3.63) is 53.5 Å². The summed E-state index contributed by atoms with van der Waals surface area (Å²) in [7, 11) is 0. The van der Waals surface area contributed by atoms with Gasteiger partial charge in [-0.2, -0.15) is 0 Å². The van der Waals surface area contributed by atoms with E-state index in [0.29, 0.717) is 6.04 Å². The Morgan fingerprint density at radius 2 is 1.82 bits per heavy atom. The van der Waals surface area contributed by atoms with Crippen LogP contribution in [-0.4, -0.2) is 59.0 Å². The van der Waals surface area contributed by atoms with Crippen molar-refractivity contribution in [1.82, 2.24) is 14.8 Å². The van der Waals surface area contributed by atoms with Crippen LogP contribution >= 0.6 is 11.3 Å². The Morgan fingerprint density at radius 3 is 2.50 bits per heavy atom. The van der Waals surface area contributed by atoms with Crippen molar-refractivity contribution in [1.29, 1.82) is 0 Å². The van der Waals surface area contributed by atoms with Crippen LogP contribution in [0.5, 0.6) is 5.19 Å². The third kappa shape index (κ3) is 5.00. The molecule has 28 heavy (non-hydrogen) atoms. The molecule has 0 N–H and O–H groups in total. The second-order valence-electron chi connectivity index (χ2n) is 7.45. The molecule has 0 spiro atoms. The van der Waals surface area contributed by atoms with Crippen LogP contribution in [0.3, 0.4) is 0 Å². The van der Waals surface area contributed by atoms with E-state index in [2.05, 4.69) is 9.88 Å². The molecule has 1 aromatic heterocycles. The number of piperidine rings is 2. The van der Waals surface area contributed by atoms with Gasteiger partial charge in [0.25, 0.3) is 5.19 Å². The van der Waals surface area contributed by atoms with E-state index in [1.54, 1.807) is 23.6 Å². The highest BCUT2D eigenvalue weighted by Gasteiger charge is 2.29. The van der Waals surface area contributed by atoms with Crippen molar-refractivity contribution in [2.75, 3.05) is 26.2 Å². The quantitative estimate of drug-likeness (QED) is 0.722. The van der Waals surface area contributed by atoms with Crippen LogP contribution in [0.25, 0.3) is 6.08 Å². The van der Waals surface area contributed by atoms with Crippen molar-refractivity contribution in [3.8, 4) is 5.19 Å². The van der Waals surface area contributed by atoms with E-state index in [1.165, 1.54) is 0 Å². The summed E-state index contributed by atoms with van der Waals surface area (Å²) in [5.74, 6) is 0.123. The van der Waals surface area contributed by atoms with Crippen molar-refractivity contribution in [3.63, 3.8) is 0 Å². The molecular formula is C22H27N3O2S.